The minimum absolute atomic E-state index is 0.159. The number of fused-ring (bicyclic) bond motifs is 1. The van der Waals surface area contributed by atoms with E-state index in [1.165, 1.54) is 20.3 Å². The molecule has 0 atom stereocenters. The topological polar surface area (TPSA) is 76.7 Å². The van der Waals surface area contributed by atoms with Gasteiger partial charge in [0.25, 0.3) is 5.91 Å². The van der Waals surface area contributed by atoms with Gasteiger partial charge in [0.2, 0.25) is 5.91 Å². The highest BCUT2D eigenvalue weighted by Gasteiger charge is 2.16. The molecule has 0 aromatic heterocycles. The Labute approximate surface area is 161 Å². The third kappa shape index (κ3) is 4.48. The molecule has 3 rings (SSSR count). The van der Waals surface area contributed by atoms with Crippen molar-refractivity contribution in [2.24, 2.45) is 0 Å². The summed E-state index contributed by atoms with van der Waals surface area (Å²) in [7, 11) is 1.52. The van der Waals surface area contributed by atoms with E-state index in [1.807, 2.05) is 0 Å². The average Bonchev–Trinajstić information content (AvgIpc) is 2.84. The Bertz CT molecular complexity index is 949. The van der Waals surface area contributed by atoms with Gasteiger partial charge in [0.05, 0.1) is 13.4 Å². The minimum Gasteiger partial charge on any atom is -0.493 e. The van der Waals surface area contributed by atoms with Gasteiger partial charge in [-0.2, -0.15) is 0 Å². The first-order valence-electron chi connectivity index (χ1n) is 8.07. The Balaban J connectivity index is 1.82. The number of ether oxygens (including phenoxy) is 2. The molecule has 0 aliphatic carbocycles. The van der Waals surface area contributed by atoms with E-state index in [9.17, 15) is 9.59 Å². The molecule has 2 N–H and O–H groups in total. The van der Waals surface area contributed by atoms with Crippen LogP contribution in [0.25, 0.3) is 6.08 Å². The summed E-state index contributed by atoms with van der Waals surface area (Å²) >= 11 is 6.11. The molecule has 0 bridgehead atoms. The van der Waals surface area contributed by atoms with E-state index in [4.69, 9.17) is 21.1 Å². The number of carbonyl (C=O) groups excluding carboxylic acids is 2. The van der Waals surface area contributed by atoms with Crippen molar-refractivity contribution in [2.75, 3.05) is 17.7 Å². The van der Waals surface area contributed by atoms with Crippen LogP contribution in [0.4, 0.5) is 11.4 Å². The van der Waals surface area contributed by atoms with Gasteiger partial charge >= 0.3 is 0 Å². The standard InChI is InChI=1S/C20H17ClN2O4/c1-12(24)22-16-3-5-17(6-4-16)23-20(25)13-7-8-27-19-14(9-13)10-15(21)11-18(19)26-2/h3-11H,1-2H3,(H,22,24)(H,23,25). The summed E-state index contributed by atoms with van der Waals surface area (Å²) in [4.78, 5) is 23.7. The fraction of sp³-hybridized carbons (Fsp3) is 0.100. The molecule has 1 heterocycles. The Morgan fingerprint density at radius 2 is 1.74 bits per heavy atom. The Kier molecular flexibility index (Phi) is 5.47. The maximum absolute atomic E-state index is 12.6. The quantitative estimate of drug-likeness (QED) is 0.826. The van der Waals surface area contributed by atoms with Gasteiger partial charge in [-0.3, -0.25) is 9.59 Å². The second-order valence-corrected chi connectivity index (χ2v) is 6.20. The number of benzene rings is 2. The van der Waals surface area contributed by atoms with Gasteiger partial charge in [0.15, 0.2) is 11.5 Å². The van der Waals surface area contributed by atoms with Gasteiger partial charge in [0, 0.05) is 40.5 Å². The SMILES string of the molecule is COc1cc(Cl)cc2c1OC=CC(C(=O)Nc1ccc(NC(C)=O)cc1)=C2. The summed E-state index contributed by atoms with van der Waals surface area (Å²) in [5, 5.41) is 5.94. The number of hydrogen-bond acceptors (Lipinski definition) is 4. The lowest BCUT2D eigenvalue weighted by atomic mass is 10.1. The molecular formula is C20H17ClN2O4. The third-order valence-electron chi connectivity index (χ3n) is 3.74. The molecule has 1 aliphatic rings. The van der Waals surface area contributed by atoms with Crippen molar-refractivity contribution >= 4 is 40.9 Å². The summed E-state index contributed by atoms with van der Waals surface area (Å²) < 4.78 is 10.8. The molecule has 138 valence electrons. The molecule has 0 saturated carbocycles. The fourth-order valence-corrected chi connectivity index (χ4v) is 2.77. The lowest BCUT2D eigenvalue weighted by Crippen LogP contribution is -2.13. The van der Waals surface area contributed by atoms with Gasteiger partial charge in [-0.25, -0.2) is 0 Å². The summed E-state index contributed by atoms with van der Waals surface area (Å²) in [6.07, 6.45) is 4.66. The van der Waals surface area contributed by atoms with E-state index in [2.05, 4.69) is 10.6 Å². The van der Waals surface area contributed by atoms with Crippen LogP contribution in [0.15, 0.2) is 54.3 Å². The number of rotatable bonds is 4. The van der Waals surface area contributed by atoms with Crippen LogP contribution in [0, 0.1) is 0 Å². The highest BCUT2D eigenvalue weighted by molar-refractivity contribution is 6.31. The van der Waals surface area contributed by atoms with Crippen LogP contribution in [0.3, 0.4) is 0 Å². The molecule has 7 heteroatoms. The molecule has 0 unspecified atom stereocenters. The molecule has 1 aliphatic heterocycles. The maximum Gasteiger partial charge on any atom is 0.255 e. The summed E-state index contributed by atoms with van der Waals surface area (Å²) in [5.74, 6) is 0.497. The smallest absolute Gasteiger partial charge is 0.255 e. The van der Waals surface area contributed by atoms with Crippen LogP contribution in [-0.2, 0) is 9.59 Å². The van der Waals surface area contributed by atoms with E-state index < -0.39 is 0 Å². The first-order valence-corrected chi connectivity index (χ1v) is 8.45. The molecule has 2 amide bonds. The normalized spacial score (nSPS) is 12.2. The fourth-order valence-electron chi connectivity index (χ4n) is 2.55. The van der Waals surface area contributed by atoms with Crippen molar-refractivity contribution < 1.29 is 19.1 Å². The van der Waals surface area contributed by atoms with Crippen LogP contribution >= 0.6 is 11.6 Å². The third-order valence-corrected chi connectivity index (χ3v) is 3.96. The van der Waals surface area contributed by atoms with Gasteiger partial charge in [0.1, 0.15) is 0 Å². The number of carbonyl (C=O) groups is 2. The number of nitrogens with one attached hydrogen (secondary N) is 2. The number of methoxy groups -OCH3 is 1. The predicted molar refractivity (Wildman–Crippen MR) is 105 cm³/mol. The average molecular weight is 385 g/mol. The zero-order chi connectivity index (χ0) is 19.4. The van der Waals surface area contributed by atoms with Crippen molar-refractivity contribution in [3.63, 3.8) is 0 Å². The highest BCUT2D eigenvalue weighted by Crippen LogP contribution is 2.37. The molecule has 0 spiro atoms. The highest BCUT2D eigenvalue weighted by atomic mass is 35.5. The van der Waals surface area contributed by atoms with E-state index >= 15 is 0 Å². The molecular weight excluding hydrogens is 368 g/mol. The van der Waals surface area contributed by atoms with E-state index in [1.54, 1.807) is 48.6 Å². The second-order valence-electron chi connectivity index (χ2n) is 5.76. The lowest BCUT2D eigenvalue weighted by molar-refractivity contribution is -0.114. The van der Waals surface area contributed by atoms with E-state index in [0.29, 0.717) is 39.0 Å². The summed E-state index contributed by atoms with van der Waals surface area (Å²) in [6.45, 7) is 1.43. The van der Waals surface area contributed by atoms with Crippen molar-refractivity contribution in [3.05, 3.63) is 64.9 Å². The first kappa shape index (κ1) is 18.5. The Morgan fingerprint density at radius 1 is 1.07 bits per heavy atom. The largest absolute Gasteiger partial charge is 0.493 e. The number of amides is 2. The van der Waals surface area contributed by atoms with Crippen LogP contribution in [0.5, 0.6) is 11.5 Å². The molecule has 0 fully saturated rings. The molecule has 6 nitrogen and oxygen atoms in total. The monoisotopic (exact) mass is 384 g/mol. The lowest BCUT2D eigenvalue weighted by Gasteiger charge is -2.10. The van der Waals surface area contributed by atoms with Crippen molar-refractivity contribution in [1.82, 2.24) is 0 Å². The van der Waals surface area contributed by atoms with Gasteiger partial charge < -0.3 is 20.1 Å². The van der Waals surface area contributed by atoms with Crippen LogP contribution in [-0.4, -0.2) is 18.9 Å². The van der Waals surface area contributed by atoms with Crippen molar-refractivity contribution in [3.8, 4) is 11.5 Å². The molecule has 27 heavy (non-hydrogen) atoms. The second kappa shape index (κ2) is 7.97. The molecule has 0 radical (unpaired) electrons. The van der Waals surface area contributed by atoms with Crippen LogP contribution < -0.4 is 20.1 Å². The van der Waals surface area contributed by atoms with Crippen LogP contribution in [0.2, 0.25) is 5.02 Å². The predicted octanol–water partition coefficient (Wildman–Crippen LogP) is 4.24. The van der Waals surface area contributed by atoms with E-state index in [0.717, 1.165) is 0 Å². The molecule has 2 aromatic carbocycles. The number of hydrogen-bond donors (Lipinski definition) is 2. The van der Waals surface area contributed by atoms with Crippen molar-refractivity contribution in [2.45, 2.75) is 6.92 Å². The molecule has 0 saturated heterocycles. The van der Waals surface area contributed by atoms with E-state index in [-0.39, 0.29) is 11.8 Å². The van der Waals surface area contributed by atoms with Gasteiger partial charge in [-0.1, -0.05) is 11.6 Å². The summed E-state index contributed by atoms with van der Waals surface area (Å²) in [6, 6.07) is 10.2. The minimum atomic E-state index is -0.311. The molecule has 2 aromatic rings. The van der Waals surface area contributed by atoms with Crippen LogP contribution in [0.1, 0.15) is 12.5 Å². The number of anilines is 2. The zero-order valence-corrected chi connectivity index (χ0v) is 15.5. The maximum atomic E-state index is 12.6. The van der Waals surface area contributed by atoms with Gasteiger partial charge in [-0.05, 0) is 42.5 Å². The first-order chi connectivity index (χ1) is 13.0. The Morgan fingerprint density at radius 3 is 2.37 bits per heavy atom. The van der Waals surface area contributed by atoms with Crippen molar-refractivity contribution in [1.29, 1.82) is 0 Å². The van der Waals surface area contributed by atoms with Gasteiger partial charge in [-0.15, -0.1) is 0 Å². The number of halogens is 1. The summed E-state index contributed by atoms with van der Waals surface area (Å²) in [5.41, 5.74) is 2.27. The zero-order valence-electron chi connectivity index (χ0n) is 14.7. The Hall–Kier alpha value is -3.25.